The van der Waals surface area contributed by atoms with Crippen molar-refractivity contribution in [1.82, 2.24) is 15.0 Å². The lowest BCUT2D eigenvalue weighted by Gasteiger charge is -2.15. The van der Waals surface area contributed by atoms with E-state index in [1.54, 1.807) is 0 Å². The van der Waals surface area contributed by atoms with Crippen molar-refractivity contribution in [2.45, 2.75) is 58.9 Å². The van der Waals surface area contributed by atoms with Crippen molar-refractivity contribution in [3.8, 4) is 6.07 Å². The van der Waals surface area contributed by atoms with Crippen molar-refractivity contribution in [3.63, 3.8) is 0 Å². The van der Waals surface area contributed by atoms with Crippen molar-refractivity contribution in [3.05, 3.63) is 11.4 Å². The average Bonchev–Trinajstić information content (AvgIpc) is 3.09. The Kier molecular flexibility index (Phi) is 4.00. The zero-order chi connectivity index (χ0) is 13.1. The van der Waals surface area contributed by atoms with Crippen molar-refractivity contribution in [2.75, 3.05) is 0 Å². The fourth-order valence-electron chi connectivity index (χ4n) is 2.35. The molecule has 0 N–H and O–H groups in total. The smallest absolute Gasteiger partial charge is 0.0999 e. The lowest BCUT2D eigenvalue weighted by Crippen LogP contribution is -2.13. The lowest BCUT2D eigenvalue weighted by atomic mass is 10.0. The molecule has 1 saturated carbocycles. The summed E-state index contributed by atoms with van der Waals surface area (Å²) in [5, 5.41) is 17.4. The van der Waals surface area contributed by atoms with Crippen molar-refractivity contribution >= 4 is 0 Å². The van der Waals surface area contributed by atoms with Crippen LogP contribution in [0, 0.1) is 23.2 Å². The van der Waals surface area contributed by atoms with E-state index in [2.05, 4.69) is 41.8 Å². The predicted molar refractivity (Wildman–Crippen MR) is 69.9 cm³/mol. The molecule has 0 spiro atoms. The minimum Gasteiger partial charge on any atom is -0.246 e. The molecule has 1 aliphatic rings. The molecule has 0 aromatic carbocycles. The normalized spacial score (nSPS) is 16.8. The summed E-state index contributed by atoms with van der Waals surface area (Å²) in [4.78, 5) is 0. The number of hydrogen-bond donors (Lipinski definition) is 0. The second-order valence-corrected chi connectivity index (χ2v) is 5.77. The van der Waals surface area contributed by atoms with E-state index in [1.165, 1.54) is 18.5 Å². The number of hydrogen-bond acceptors (Lipinski definition) is 3. The second-order valence-electron chi connectivity index (χ2n) is 5.77. The molecule has 0 saturated heterocycles. The minimum absolute atomic E-state index is 0.380. The maximum Gasteiger partial charge on any atom is 0.0999 e. The molecular formula is C14H22N4. The Balaban J connectivity index is 2.19. The molecule has 1 fully saturated rings. The molecule has 1 aliphatic carbocycles. The largest absolute Gasteiger partial charge is 0.246 e. The molecule has 18 heavy (non-hydrogen) atoms. The van der Waals surface area contributed by atoms with E-state index in [1.807, 2.05) is 0 Å². The molecular weight excluding hydrogens is 224 g/mol. The van der Waals surface area contributed by atoms with Crippen LogP contribution in [0.15, 0.2) is 0 Å². The topological polar surface area (TPSA) is 54.5 Å². The maximum atomic E-state index is 8.86. The molecule has 1 heterocycles. The number of aromatic nitrogens is 3. The van der Waals surface area contributed by atoms with Gasteiger partial charge >= 0.3 is 0 Å². The van der Waals surface area contributed by atoms with E-state index in [0.717, 1.165) is 24.5 Å². The Morgan fingerprint density at radius 3 is 2.67 bits per heavy atom. The first-order valence-electron chi connectivity index (χ1n) is 6.93. The molecule has 1 aromatic heterocycles. The molecule has 1 unspecified atom stereocenters. The van der Waals surface area contributed by atoms with Gasteiger partial charge in [-0.25, -0.2) is 4.68 Å². The Morgan fingerprint density at radius 1 is 1.39 bits per heavy atom. The monoisotopic (exact) mass is 246 g/mol. The van der Waals surface area contributed by atoms with Gasteiger partial charge in [-0.2, -0.15) is 5.26 Å². The van der Waals surface area contributed by atoms with E-state index in [0.29, 0.717) is 18.4 Å². The summed E-state index contributed by atoms with van der Waals surface area (Å²) < 4.78 is 2.08. The van der Waals surface area contributed by atoms with Gasteiger partial charge in [0, 0.05) is 0 Å². The number of rotatable bonds is 6. The van der Waals surface area contributed by atoms with Gasteiger partial charge in [0.1, 0.15) is 0 Å². The summed E-state index contributed by atoms with van der Waals surface area (Å²) >= 11 is 0. The lowest BCUT2D eigenvalue weighted by molar-refractivity contribution is 0.409. The zero-order valence-corrected chi connectivity index (χ0v) is 11.6. The van der Waals surface area contributed by atoms with Crippen LogP contribution in [-0.4, -0.2) is 15.0 Å². The van der Waals surface area contributed by atoms with Crippen LogP contribution in [0.2, 0.25) is 0 Å². The first kappa shape index (κ1) is 13.1. The molecule has 2 rings (SSSR count). The molecule has 0 aliphatic heterocycles. The van der Waals surface area contributed by atoms with Gasteiger partial charge in [0.15, 0.2) is 0 Å². The number of nitrogens with zero attached hydrogens (tertiary/aromatic N) is 4. The molecule has 0 radical (unpaired) electrons. The first-order chi connectivity index (χ1) is 8.63. The van der Waals surface area contributed by atoms with Crippen LogP contribution < -0.4 is 0 Å². The standard InChI is InChI=1S/C14H22N4/c1-10(2)4-7-14-13(8-9-15)16-17-18(14)11(3)12-5-6-12/h10-12H,4-8H2,1-3H3. The second kappa shape index (κ2) is 5.51. The minimum atomic E-state index is 0.380. The van der Waals surface area contributed by atoms with Gasteiger partial charge in [0.2, 0.25) is 0 Å². The van der Waals surface area contributed by atoms with Crippen LogP contribution >= 0.6 is 0 Å². The van der Waals surface area contributed by atoms with Gasteiger partial charge in [-0.1, -0.05) is 19.1 Å². The zero-order valence-electron chi connectivity index (χ0n) is 11.6. The van der Waals surface area contributed by atoms with Crippen LogP contribution in [0.1, 0.15) is 57.5 Å². The SMILES string of the molecule is CC(C)CCc1c(CC#N)nnn1C(C)C1CC1. The van der Waals surface area contributed by atoms with Gasteiger partial charge in [0.05, 0.1) is 29.9 Å². The molecule has 1 atom stereocenters. The van der Waals surface area contributed by atoms with Gasteiger partial charge in [0.25, 0.3) is 0 Å². The van der Waals surface area contributed by atoms with Crippen LogP contribution in [-0.2, 0) is 12.8 Å². The van der Waals surface area contributed by atoms with E-state index in [-0.39, 0.29) is 0 Å². The fraction of sp³-hybridized carbons (Fsp3) is 0.786. The average molecular weight is 246 g/mol. The summed E-state index contributed by atoms with van der Waals surface area (Å²) in [5.41, 5.74) is 2.07. The van der Waals surface area contributed by atoms with E-state index in [9.17, 15) is 0 Å². The van der Waals surface area contributed by atoms with E-state index in [4.69, 9.17) is 5.26 Å². The highest BCUT2D eigenvalue weighted by Crippen LogP contribution is 2.39. The van der Waals surface area contributed by atoms with Crippen molar-refractivity contribution in [1.29, 1.82) is 5.26 Å². The predicted octanol–water partition coefficient (Wildman–Crippen LogP) is 2.90. The quantitative estimate of drug-likeness (QED) is 0.775. The van der Waals surface area contributed by atoms with Gasteiger partial charge in [-0.05, 0) is 44.4 Å². The van der Waals surface area contributed by atoms with E-state index < -0.39 is 0 Å². The molecule has 1 aromatic rings. The highest BCUT2D eigenvalue weighted by atomic mass is 15.4. The third-order valence-corrected chi connectivity index (χ3v) is 3.77. The fourth-order valence-corrected chi connectivity index (χ4v) is 2.35. The van der Waals surface area contributed by atoms with Crippen molar-refractivity contribution < 1.29 is 0 Å². The highest BCUT2D eigenvalue weighted by molar-refractivity contribution is 5.15. The summed E-state index contributed by atoms with van der Waals surface area (Å²) in [6.07, 6.45) is 5.10. The van der Waals surface area contributed by atoms with Crippen molar-refractivity contribution in [2.24, 2.45) is 11.8 Å². The van der Waals surface area contributed by atoms with Crippen LogP contribution in [0.5, 0.6) is 0 Å². The molecule has 4 heteroatoms. The summed E-state index contributed by atoms with van der Waals surface area (Å²) in [7, 11) is 0. The third-order valence-electron chi connectivity index (χ3n) is 3.77. The van der Waals surface area contributed by atoms with E-state index >= 15 is 0 Å². The highest BCUT2D eigenvalue weighted by Gasteiger charge is 2.31. The summed E-state index contributed by atoms with van der Waals surface area (Å²) in [6, 6.07) is 2.63. The first-order valence-corrected chi connectivity index (χ1v) is 6.93. The summed E-state index contributed by atoms with van der Waals surface area (Å²) in [5.74, 6) is 1.43. The Labute approximate surface area is 109 Å². The Bertz CT molecular complexity index is 437. The van der Waals surface area contributed by atoms with Gasteiger partial charge in [-0.15, -0.1) is 5.10 Å². The van der Waals surface area contributed by atoms with Crippen LogP contribution in [0.3, 0.4) is 0 Å². The summed E-state index contributed by atoms with van der Waals surface area (Å²) in [6.45, 7) is 6.67. The molecule has 0 bridgehead atoms. The molecule has 4 nitrogen and oxygen atoms in total. The van der Waals surface area contributed by atoms with Gasteiger partial charge in [-0.3, -0.25) is 0 Å². The van der Waals surface area contributed by atoms with Gasteiger partial charge < -0.3 is 0 Å². The third kappa shape index (κ3) is 2.90. The van der Waals surface area contributed by atoms with Crippen LogP contribution in [0.4, 0.5) is 0 Å². The molecule has 98 valence electrons. The Hall–Kier alpha value is -1.37. The Morgan fingerprint density at radius 2 is 2.11 bits per heavy atom. The number of nitriles is 1. The van der Waals surface area contributed by atoms with Crippen LogP contribution in [0.25, 0.3) is 0 Å². The maximum absolute atomic E-state index is 8.86. The molecule has 0 amide bonds.